The second-order valence-corrected chi connectivity index (χ2v) is 13.1. The van der Waals surface area contributed by atoms with Crippen molar-refractivity contribution in [2.24, 2.45) is 11.8 Å². The van der Waals surface area contributed by atoms with Crippen LogP contribution in [0.1, 0.15) is 60.8 Å². The molecule has 2 atom stereocenters. The second kappa shape index (κ2) is 10.9. The molecule has 0 bridgehead atoms. The number of amides is 2. The molecule has 1 heterocycles. The Labute approximate surface area is 163 Å². The van der Waals surface area contributed by atoms with Crippen molar-refractivity contribution < 1.29 is 14.2 Å². The fourth-order valence-electron chi connectivity index (χ4n) is 2.88. The van der Waals surface area contributed by atoms with E-state index in [9.17, 15) is 14.2 Å². The average Bonchev–Trinajstić information content (AvgIpc) is 2.76. The smallest absolute Gasteiger partial charge is 0.242 e. The quantitative estimate of drug-likeness (QED) is 0.390. The summed E-state index contributed by atoms with van der Waals surface area (Å²) in [6, 6.07) is 0. The van der Waals surface area contributed by atoms with Gasteiger partial charge in [-0.25, -0.2) is 0 Å². The van der Waals surface area contributed by atoms with Gasteiger partial charge in [-0.05, 0) is 29.9 Å². The van der Waals surface area contributed by atoms with E-state index in [-0.39, 0.29) is 30.0 Å². The van der Waals surface area contributed by atoms with Gasteiger partial charge in [-0.3, -0.25) is 19.6 Å². The average molecular weight is 405 g/mol. The van der Waals surface area contributed by atoms with Crippen molar-refractivity contribution in [2.45, 2.75) is 71.3 Å². The first-order valence-corrected chi connectivity index (χ1v) is 12.9. The molecule has 0 aromatic rings. The monoisotopic (exact) mass is 404 g/mol. The number of thioether (sulfide) groups is 1. The number of hydrogen-bond acceptors (Lipinski definition) is 4. The van der Waals surface area contributed by atoms with Crippen LogP contribution in [0.3, 0.4) is 0 Å². The standard InChI is InChI=1S/C19H37N2O3PS/c1-14(2)7-9-20-25(24,11-8-15(3)4)12-10-21-18(22)13-17(19(21)23)26-16(5)6/h14-17H,7-13H2,1-6H3,(H,20,24). The van der Waals surface area contributed by atoms with Crippen LogP contribution in [0.15, 0.2) is 0 Å². The van der Waals surface area contributed by atoms with Crippen molar-refractivity contribution in [3.63, 3.8) is 0 Å². The van der Waals surface area contributed by atoms with E-state index in [4.69, 9.17) is 0 Å². The number of carbonyl (C=O) groups is 2. The lowest BCUT2D eigenvalue weighted by molar-refractivity contribution is -0.137. The Morgan fingerprint density at radius 1 is 1.08 bits per heavy atom. The van der Waals surface area contributed by atoms with Crippen LogP contribution in [-0.2, 0) is 14.2 Å². The molecule has 152 valence electrons. The molecule has 1 aliphatic heterocycles. The summed E-state index contributed by atoms with van der Waals surface area (Å²) in [5, 5.41) is 3.32. The van der Waals surface area contributed by atoms with E-state index in [1.165, 1.54) is 4.90 Å². The van der Waals surface area contributed by atoms with E-state index in [0.29, 0.717) is 29.4 Å². The molecule has 1 rings (SSSR count). The maximum atomic E-state index is 13.4. The first-order chi connectivity index (χ1) is 12.0. The summed E-state index contributed by atoms with van der Waals surface area (Å²) in [6.07, 6.45) is 3.15. The van der Waals surface area contributed by atoms with E-state index >= 15 is 0 Å². The number of imide groups is 1. The lowest BCUT2D eigenvalue weighted by atomic mass is 10.1. The van der Waals surface area contributed by atoms with Crippen LogP contribution in [0.5, 0.6) is 0 Å². The fraction of sp³-hybridized carbons (Fsp3) is 0.895. The van der Waals surface area contributed by atoms with E-state index in [1.54, 1.807) is 11.8 Å². The molecule has 1 N–H and O–H groups in total. The second-order valence-electron chi connectivity index (χ2n) is 8.37. The Morgan fingerprint density at radius 2 is 1.69 bits per heavy atom. The number of rotatable bonds is 12. The maximum absolute atomic E-state index is 13.4. The molecule has 26 heavy (non-hydrogen) atoms. The topological polar surface area (TPSA) is 66.5 Å². The van der Waals surface area contributed by atoms with Gasteiger partial charge >= 0.3 is 0 Å². The summed E-state index contributed by atoms with van der Waals surface area (Å²) >= 11 is 1.55. The summed E-state index contributed by atoms with van der Waals surface area (Å²) < 4.78 is 13.4. The summed E-state index contributed by atoms with van der Waals surface area (Å²) in [7, 11) is -2.59. The van der Waals surface area contributed by atoms with Gasteiger partial charge in [0.2, 0.25) is 11.8 Å². The first-order valence-electron chi connectivity index (χ1n) is 9.87. The molecular formula is C19H37N2O3PS. The molecule has 0 radical (unpaired) electrons. The largest absolute Gasteiger partial charge is 0.307 e. The van der Waals surface area contributed by atoms with Crippen LogP contribution in [0.25, 0.3) is 0 Å². The zero-order chi connectivity index (χ0) is 19.9. The molecule has 0 aliphatic carbocycles. The van der Waals surface area contributed by atoms with Crippen molar-refractivity contribution in [3.8, 4) is 0 Å². The van der Waals surface area contributed by atoms with Crippen LogP contribution in [0.4, 0.5) is 0 Å². The van der Waals surface area contributed by atoms with Gasteiger partial charge in [0.25, 0.3) is 0 Å². The minimum absolute atomic E-state index is 0.105. The molecule has 0 saturated carbocycles. The van der Waals surface area contributed by atoms with Crippen LogP contribution in [-0.4, -0.2) is 52.6 Å². The summed E-state index contributed by atoms with van der Waals surface area (Å²) in [5.41, 5.74) is 0. The third kappa shape index (κ3) is 8.14. The number of carbonyl (C=O) groups excluding carboxylic acids is 2. The van der Waals surface area contributed by atoms with Crippen molar-refractivity contribution >= 4 is 30.9 Å². The molecule has 0 aromatic heterocycles. The van der Waals surface area contributed by atoms with Gasteiger partial charge in [-0.15, -0.1) is 11.8 Å². The number of nitrogens with zero attached hydrogens (tertiary/aromatic N) is 1. The van der Waals surface area contributed by atoms with E-state index in [2.05, 4.69) is 32.8 Å². The highest BCUT2D eigenvalue weighted by atomic mass is 32.2. The molecular weight excluding hydrogens is 367 g/mol. The van der Waals surface area contributed by atoms with Gasteiger partial charge in [0.1, 0.15) is 7.29 Å². The Kier molecular flexibility index (Phi) is 9.92. The van der Waals surface area contributed by atoms with Gasteiger partial charge in [0, 0.05) is 31.8 Å². The Morgan fingerprint density at radius 3 is 2.23 bits per heavy atom. The van der Waals surface area contributed by atoms with E-state index in [0.717, 1.165) is 19.4 Å². The number of nitrogens with one attached hydrogen (secondary N) is 1. The SMILES string of the molecule is CC(C)CCNP(=O)(CCC(C)C)CCN1C(=O)CC(SC(C)C)C1=O. The van der Waals surface area contributed by atoms with Gasteiger partial charge in [-0.2, -0.15) is 0 Å². The minimum atomic E-state index is -2.59. The molecule has 0 spiro atoms. The Hall–Kier alpha value is -0.320. The van der Waals surface area contributed by atoms with Gasteiger partial charge < -0.3 is 4.57 Å². The Bertz CT molecular complexity index is 523. The molecule has 5 nitrogen and oxygen atoms in total. The molecule has 2 unspecified atom stereocenters. The zero-order valence-corrected chi connectivity index (χ0v) is 19.0. The minimum Gasteiger partial charge on any atom is -0.307 e. The normalized spacial score (nSPS) is 20.7. The molecule has 0 aromatic carbocycles. The molecule has 1 fully saturated rings. The lowest BCUT2D eigenvalue weighted by Crippen LogP contribution is -2.35. The maximum Gasteiger partial charge on any atom is 0.242 e. The van der Waals surface area contributed by atoms with Crippen LogP contribution < -0.4 is 5.09 Å². The lowest BCUT2D eigenvalue weighted by Gasteiger charge is -2.24. The summed E-state index contributed by atoms with van der Waals surface area (Å²) in [4.78, 5) is 26.1. The van der Waals surface area contributed by atoms with Crippen LogP contribution in [0, 0.1) is 11.8 Å². The number of hydrogen-bond donors (Lipinski definition) is 1. The van der Waals surface area contributed by atoms with Gasteiger partial charge in [0.15, 0.2) is 0 Å². The molecule has 1 aliphatic rings. The first kappa shape index (κ1) is 23.7. The third-order valence-electron chi connectivity index (χ3n) is 4.51. The van der Waals surface area contributed by atoms with Crippen molar-refractivity contribution in [1.82, 2.24) is 9.99 Å². The van der Waals surface area contributed by atoms with Gasteiger partial charge in [0.05, 0.1) is 5.25 Å². The van der Waals surface area contributed by atoms with Crippen molar-refractivity contribution in [1.29, 1.82) is 0 Å². The van der Waals surface area contributed by atoms with Gasteiger partial charge in [-0.1, -0.05) is 41.5 Å². The van der Waals surface area contributed by atoms with Crippen LogP contribution >= 0.6 is 19.1 Å². The number of likely N-dealkylation sites (tertiary alicyclic amines) is 1. The van der Waals surface area contributed by atoms with E-state index < -0.39 is 7.29 Å². The van der Waals surface area contributed by atoms with Crippen molar-refractivity contribution in [2.75, 3.05) is 25.4 Å². The van der Waals surface area contributed by atoms with E-state index in [1.807, 2.05) is 13.8 Å². The summed E-state index contributed by atoms with van der Waals surface area (Å²) in [5.74, 6) is 0.811. The predicted octanol–water partition coefficient (Wildman–Crippen LogP) is 4.22. The molecule has 1 saturated heterocycles. The fourth-order valence-corrected chi connectivity index (χ4v) is 6.55. The van der Waals surface area contributed by atoms with Crippen molar-refractivity contribution in [3.05, 3.63) is 0 Å². The molecule has 7 heteroatoms. The summed E-state index contributed by atoms with van der Waals surface area (Å²) in [6.45, 7) is 13.6. The zero-order valence-electron chi connectivity index (χ0n) is 17.3. The highest BCUT2D eigenvalue weighted by molar-refractivity contribution is 8.01. The predicted molar refractivity (Wildman–Crippen MR) is 112 cm³/mol. The third-order valence-corrected chi connectivity index (χ3v) is 8.46. The highest BCUT2D eigenvalue weighted by Crippen LogP contribution is 2.43. The highest BCUT2D eigenvalue weighted by Gasteiger charge is 2.39. The van der Waals surface area contributed by atoms with Crippen LogP contribution in [0.2, 0.25) is 0 Å². The molecule has 2 amide bonds. The Balaban J connectivity index is 2.67.